The van der Waals surface area contributed by atoms with Gasteiger partial charge >= 0.3 is 5.97 Å². The molecule has 0 amide bonds. The number of esters is 1. The molecule has 5 heteroatoms. The highest BCUT2D eigenvalue weighted by Gasteiger charge is 2.22. The van der Waals surface area contributed by atoms with E-state index >= 15 is 0 Å². The number of nitrogens with zero attached hydrogens (tertiary/aromatic N) is 1. The van der Waals surface area contributed by atoms with Crippen molar-refractivity contribution in [2.24, 2.45) is 0 Å². The van der Waals surface area contributed by atoms with Gasteiger partial charge in [0.1, 0.15) is 6.54 Å². The summed E-state index contributed by atoms with van der Waals surface area (Å²) in [5.41, 5.74) is 0. The number of carbonyl (C=O) groups is 2. The smallest absolute Gasteiger partial charge is 0.306 e. The Hall–Kier alpha value is -1.88. The number of carbonyl (C=O) groups excluding carboxylic acids is 2. The molecule has 0 aromatic rings. The van der Waals surface area contributed by atoms with Crippen LogP contribution in [0.25, 0.3) is 0 Å². The molecule has 23 heavy (non-hydrogen) atoms. The fourth-order valence-electron chi connectivity index (χ4n) is 1.93. The summed E-state index contributed by atoms with van der Waals surface area (Å²) in [5, 5.41) is 10.8. The lowest BCUT2D eigenvalue weighted by Crippen LogP contribution is -2.45. The number of carboxylic acid groups (broad SMARTS) is 1. The van der Waals surface area contributed by atoms with Gasteiger partial charge in [-0.3, -0.25) is 4.79 Å². The molecule has 1 atom stereocenters. The quantitative estimate of drug-likeness (QED) is 0.251. The van der Waals surface area contributed by atoms with Crippen LogP contribution >= 0.6 is 0 Å². The van der Waals surface area contributed by atoms with E-state index in [1.165, 1.54) is 0 Å². The van der Waals surface area contributed by atoms with Crippen molar-refractivity contribution < 1.29 is 23.9 Å². The van der Waals surface area contributed by atoms with Crippen LogP contribution in [0.1, 0.15) is 32.6 Å². The van der Waals surface area contributed by atoms with Crippen molar-refractivity contribution in [3.8, 4) is 0 Å². The first kappa shape index (κ1) is 21.1. The lowest BCUT2D eigenvalue weighted by molar-refractivity contribution is -0.873. The van der Waals surface area contributed by atoms with Crippen LogP contribution in [0.5, 0.6) is 0 Å². The molecule has 0 spiro atoms. The van der Waals surface area contributed by atoms with E-state index in [2.05, 4.69) is 0 Å². The van der Waals surface area contributed by atoms with Crippen molar-refractivity contribution in [3.05, 3.63) is 36.5 Å². The predicted octanol–water partition coefficient (Wildman–Crippen LogP) is 1.60. The van der Waals surface area contributed by atoms with Crippen LogP contribution in [0.2, 0.25) is 0 Å². The second-order valence-electron chi connectivity index (χ2n) is 6.36. The molecule has 1 unspecified atom stereocenters. The van der Waals surface area contributed by atoms with Gasteiger partial charge in [0.15, 0.2) is 6.10 Å². The molecule has 0 aromatic carbocycles. The van der Waals surface area contributed by atoms with Gasteiger partial charge in [-0.15, -0.1) is 0 Å². The molecule has 0 radical (unpaired) electrons. The first-order chi connectivity index (χ1) is 10.7. The fourth-order valence-corrected chi connectivity index (χ4v) is 1.93. The molecule has 0 bridgehead atoms. The molecular formula is C18H29NO4. The Labute approximate surface area is 139 Å². The van der Waals surface area contributed by atoms with Crippen molar-refractivity contribution in [2.75, 3.05) is 27.7 Å². The van der Waals surface area contributed by atoms with E-state index in [4.69, 9.17) is 4.74 Å². The standard InChI is InChI=1S/C18H29NO4/c1-5-6-7-8-9-10-11-12-13-18(22)23-16(14-17(20)21)15-19(2,3)4/h5-6,8-11,16H,7,12-15H2,1-4H3/b6-5+,9-8+,11-10+. The Bertz CT molecular complexity index is 444. The molecule has 0 rings (SSSR count). The van der Waals surface area contributed by atoms with Crippen molar-refractivity contribution >= 4 is 11.9 Å². The highest BCUT2D eigenvalue weighted by molar-refractivity contribution is 5.71. The summed E-state index contributed by atoms with van der Waals surface area (Å²) in [6.45, 7) is 2.41. The number of aliphatic carboxylic acids is 1. The van der Waals surface area contributed by atoms with Crippen molar-refractivity contribution in [3.63, 3.8) is 0 Å². The topological polar surface area (TPSA) is 66.4 Å². The predicted molar refractivity (Wildman–Crippen MR) is 89.3 cm³/mol. The number of hydrogen-bond donors (Lipinski definition) is 0. The van der Waals surface area contributed by atoms with Crippen LogP contribution in [-0.4, -0.2) is 50.2 Å². The summed E-state index contributed by atoms with van der Waals surface area (Å²) in [4.78, 5) is 22.5. The largest absolute Gasteiger partial charge is 0.550 e. The summed E-state index contributed by atoms with van der Waals surface area (Å²) in [6, 6.07) is 0. The van der Waals surface area contributed by atoms with Crippen LogP contribution in [-0.2, 0) is 14.3 Å². The van der Waals surface area contributed by atoms with E-state index in [1.807, 2.05) is 64.5 Å². The minimum absolute atomic E-state index is 0.236. The summed E-state index contributed by atoms with van der Waals surface area (Å²) < 4.78 is 5.78. The van der Waals surface area contributed by atoms with Gasteiger partial charge < -0.3 is 19.1 Å². The van der Waals surface area contributed by atoms with Gasteiger partial charge in [-0.05, 0) is 19.8 Å². The zero-order valence-corrected chi connectivity index (χ0v) is 14.7. The molecule has 0 saturated heterocycles. The molecule has 130 valence electrons. The Morgan fingerprint density at radius 1 is 1.13 bits per heavy atom. The third-order valence-corrected chi connectivity index (χ3v) is 2.85. The van der Waals surface area contributed by atoms with E-state index < -0.39 is 12.1 Å². The van der Waals surface area contributed by atoms with Crippen LogP contribution in [0.3, 0.4) is 0 Å². The molecule has 0 heterocycles. The molecule has 0 fully saturated rings. The van der Waals surface area contributed by atoms with E-state index in [-0.39, 0.29) is 18.8 Å². The maximum Gasteiger partial charge on any atom is 0.306 e. The van der Waals surface area contributed by atoms with Gasteiger partial charge in [-0.25, -0.2) is 0 Å². The molecule has 5 nitrogen and oxygen atoms in total. The van der Waals surface area contributed by atoms with E-state index in [9.17, 15) is 14.7 Å². The first-order valence-corrected chi connectivity index (χ1v) is 7.87. The minimum Gasteiger partial charge on any atom is -0.550 e. The van der Waals surface area contributed by atoms with Crippen LogP contribution < -0.4 is 5.11 Å². The SMILES string of the molecule is C/C=C/C/C=C/C=C/CCC(=O)OC(CC(=O)[O-])C[N+](C)(C)C. The zero-order valence-electron chi connectivity index (χ0n) is 14.7. The lowest BCUT2D eigenvalue weighted by Gasteiger charge is -2.29. The normalized spacial score (nSPS) is 13.9. The second-order valence-corrected chi connectivity index (χ2v) is 6.36. The van der Waals surface area contributed by atoms with Gasteiger partial charge in [0.2, 0.25) is 0 Å². The molecule has 0 aliphatic heterocycles. The Balaban J connectivity index is 4.19. The Morgan fingerprint density at radius 2 is 1.78 bits per heavy atom. The summed E-state index contributed by atoms with van der Waals surface area (Å²) in [6.07, 6.45) is 12.5. The van der Waals surface area contributed by atoms with E-state index in [0.29, 0.717) is 17.4 Å². The molecule has 0 aliphatic carbocycles. The molecule has 0 aromatic heterocycles. The molecule has 0 N–H and O–H groups in total. The molecule has 0 aliphatic rings. The minimum atomic E-state index is -1.21. The maximum atomic E-state index is 11.8. The summed E-state index contributed by atoms with van der Waals surface area (Å²) in [5.74, 6) is -1.59. The van der Waals surface area contributed by atoms with Crippen molar-refractivity contribution in [1.29, 1.82) is 0 Å². The number of ether oxygens (including phenoxy) is 1. The fraction of sp³-hybridized carbons (Fsp3) is 0.556. The van der Waals surface area contributed by atoms with Crippen LogP contribution in [0.15, 0.2) is 36.5 Å². The number of quaternary nitrogens is 1. The van der Waals surface area contributed by atoms with E-state index in [0.717, 1.165) is 6.42 Å². The van der Waals surface area contributed by atoms with Crippen LogP contribution in [0.4, 0.5) is 0 Å². The number of hydrogen-bond acceptors (Lipinski definition) is 4. The van der Waals surface area contributed by atoms with Crippen molar-refractivity contribution in [2.45, 2.75) is 38.7 Å². The van der Waals surface area contributed by atoms with Crippen molar-refractivity contribution in [1.82, 2.24) is 0 Å². The number of likely N-dealkylation sites (N-methyl/N-ethyl adjacent to an activating group) is 1. The number of carboxylic acids is 1. The van der Waals surface area contributed by atoms with Gasteiger partial charge in [0, 0.05) is 18.8 Å². The maximum absolute atomic E-state index is 11.8. The summed E-state index contributed by atoms with van der Waals surface area (Å²) in [7, 11) is 5.75. The first-order valence-electron chi connectivity index (χ1n) is 7.87. The zero-order chi connectivity index (χ0) is 17.7. The average Bonchev–Trinajstić information content (AvgIpc) is 2.39. The van der Waals surface area contributed by atoms with E-state index in [1.54, 1.807) is 0 Å². The molecular weight excluding hydrogens is 294 g/mol. The highest BCUT2D eigenvalue weighted by Crippen LogP contribution is 2.07. The summed E-state index contributed by atoms with van der Waals surface area (Å²) >= 11 is 0. The van der Waals surface area contributed by atoms with Gasteiger partial charge in [-0.2, -0.15) is 0 Å². The Kier molecular flexibility index (Phi) is 10.7. The van der Waals surface area contributed by atoms with Gasteiger partial charge in [0.05, 0.1) is 21.1 Å². The third kappa shape index (κ3) is 14.8. The Morgan fingerprint density at radius 3 is 2.35 bits per heavy atom. The third-order valence-electron chi connectivity index (χ3n) is 2.85. The average molecular weight is 323 g/mol. The van der Waals surface area contributed by atoms with Crippen LogP contribution in [0, 0.1) is 0 Å². The monoisotopic (exact) mass is 323 g/mol. The van der Waals surface area contributed by atoms with Gasteiger partial charge in [-0.1, -0.05) is 36.5 Å². The number of rotatable bonds is 11. The van der Waals surface area contributed by atoms with Gasteiger partial charge in [0.25, 0.3) is 0 Å². The lowest BCUT2D eigenvalue weighted by atomic mass is 10.2. The molecule has 0 saturated carbocycles. The highest BCUT2D eigenvalue weighted by atomic mass is 16.5. The second kappa shape index (κ2) is 11.7. The number of allylic oxidation sites excluding steroid dienone is 6.